The molecule has 0 heterocycles. The lowest BCUT2D eigenvalue weighted by atomic mass is 9.60. The molecule has 1 atom stereocenters. The zero-order valence-electron chi connectivity index (χ0n) is 10.5. The number of nitrogens with two attached hydrogens (primary N) is 1. The quantitative estimate of drug-likeness (QED) is 0.701. The summed E-state index contributed by atoms with van der Waals surface area (Å²) in [7, 11) is 1.42. The summed E-state index contributed by atoms with van der Waals surface area (Å²) in [5.74, 6) is -0.168. The minimum absolute atomic E-state index is 0.0586. The average molecular weight is 229 g/mol. The van der Waals surface area contributed by atoms with Crippen LogP contribution in [0.4, 0.5) is 0 Å². The van der Waals surface area contributed by atoms with Gasteiger partial charge in [-0.3, -0.25) is 4.79 Å². The molecule has 1 saturated carbocycles. The van der Waals surface area contributed by atoms with Gasteiger partial charge in [-0.05, 0) is 26.2 Å². The zero-order chi connectivity index (χ0) is 12.2. The molecular formula is C12H23NO3. The van der Waals surface area contributed by atoms with Crippen molar-refractivity contribution in [1.29, 1.82) is 0 Å². The van der Waals surface area contributed by atoms with Crippen molar-refractivity contribution >= 4 is 5.97 Å². The second kappa shape index (κ2) is 5.64. The number of esters is 1. The average Bonchev–Trinajstić information content (AvgIpc) is 2.24. The van der Waals surface area contributed by atoms with Crippen molar-refractivity contribution in [3.05, 3.63) is 0 Å². The summed E-state index contributed by atoms with van der Waals surface area (Å²) in [6.07, 6.45) is 3.33. The molecule has 0 bridgehead atoms. The summed E-state index contributed by atoms with van der Waals surface area (Å²) in [5.41, 5.74) is 6.02. The molecule has 0 aromatic rings. The van der Waals surface area contributed by atoms with Crippen LogP contribution < -0.4 is 5.73 Å². The number of rotatable bonds is 6. The van der Waals surface area contributed by atoms with E-state index in [1.165, 1.54) is 7.11 Å². The van der Waals surface area contributed by atoms with Gasteiger partial charge in [0.15, 0.2) is 0 Å². The third-order valence-corrected chi connectivity index (χ3v) is 3.62. The van der Waals surface area contributed by atoms with Crippen LogP contribution in [0.25, 0.3) is 0 Å². The van der Waals surface area contributed by atoms with Gasteiger partial charge in [0.25, 0.3) is 0 Å². The number of carbonyl (C=O) groups excluding carboxylic acids is 1. The van der Waals surface area contributed by atoms with Crippen LogP contribution >= 0.6 is 0 Å². The van der Waals surface area contributed by atoms with Crippen LogP contribution in [0.3, 0.4) is 0 Å². The van der Waals surface area contributed by atoms with E-state index in [-0.39, 0.29) is 23.5 Å². The Balaban J connectivity index is 2.56. The van der Waals surface area contributed by atoms with E-state index >= 15 is 0 Å². The third-order valence-electron chi connectivity index (χ3n) is 3.62. The van der Waals surface area contributed by atoms with Crippen LogP contribution in [0, 0.1) is 5.41 Å². The number of carbonyl (C=O) groups is 1. The van der Waals surface area contributed by atoms with Crippen LogP contribution in [0.1, 0.15) is 39.5 Å². The Hall–Kier alpha value is -0.610. The Morgan fingerprint density at radius 3 is 2.56 bits per heavy atom. The number of ether oxygens (including phenoxy) is 2. The normalized spacial score (nSPS) is 30.6. The first-order valence-corrected chi connectivity index (χ1v) is 6.02. The highest BCUT2D eigenvalue weighted by atomic mass is 16.5. The second-order valence-electron chi connectivity index (χ2n) is 4.62. The largest absolute Gasteiger partial charge is 0.469 e. The van der Waals surface area contributed by atoms with Crippen LogP contribution in [0.15, 0.2) is 0 Å². The summed E-state index contributed by atoms with van der Waals surface area (Å²) < 4.78 is 10.3. The molecule has 4 heteroatoms. The van der Waals surface area contributed by atoms with Gasteiger partial charge in [0.1, 0.15) is 0 Å². The fourth-order valence-electron chi connectivity index (χ4n) is 2.57. The number of methoxy groups -OCH3 is 1. The molecule has 0 radical (unpaired) electrons. The topological polar surface area (TPSA) is 61.5 Å². The second-order valence-corrected chi connectivity index (χ2v) is 4.62. The smallest absolute Gasteiger partial charge is 0.306 e. The lowest BCUT2D eigenvalue weighted by molar-refractivity contribution is -0.152. The van der Waals surface area contributed by atoms with E-state index in [4.69, 9.17) is 15.2 Å². The molecule has 2 N–H and O–H groups in total. The van der Waals surface area contributed by atoms with Crippen LogP contribution in [0.2, 0.25) is 0 Å². The summed E-state index contributed by atoms with van der Waals surface area (Å²) in [4.78, 5) is 11.4. The number of hydrogen-bond donors (Lipinski definition) is 1. The highest BCUT2D eigenvalue weighted by Crippen LogP contribution is 2.48. The molecule has 1 fully saturated rings. The molecule has 1 aliphatic carbocycles. The van der Waals surface area contributed by atoms with E-state index in [1.54, 1.807) is 0 Å². The monoisotopic (exact) mass is 229 g/mol. The maximum atomic E-state index is 11.4. The molecule has 1 unspecified atom stereocenters. The maximum Gasteiger partial charge on any atom is 0.306 e. The molecule has 4 nitrogen and oxygen atoms in total. The third kappa shape index (κ3) is 2.74. The van der Waals surface area contributed by atoms with E-state index in [0.717, 1.165) is 25.9 Å². The molecular weight excluding hydrogens is 206 g/mol. The summed E-state index contributed by atoms with van der Waals surface area (Å²) >= 11 is 0. The highest BCUT2D eigenvalue weighted by molar-refractivity contribution is 5.70. The first-order chi connectivity index (χ1) is 7.57. The van der Waals surface area contributed by atoms with Crippen molar-refractivity contribution in [2.75, 3.05) is 13.7 Å². The molecule has 0 aromatic heterocycles. The predicted octanol–water partition coefficient (Wildman–Crippen LogP) is 1.47. The number of hydrogen-bond acceptors (Lipinski definition) is 4. The van der Waals surface area contributed by atoms with Gasteiger partial charge in [-0.2, -0.15) is 0 Å². The fourth-order valence-corrected chi connectivity index (χ4v) is 2.57. The summed E-state index contributed by atoms with van der Waals surface area (Å²) in [5, 5.41) is 0. The van der Waals surface area contributed by atoms with Crippen molar-refractivity contribution in [3.8, 4) is 0 Å². The highest BCUT2D eigenvalue weighted by Gasteiger charge is 2.49. The minimum atomic E-state index is -0.168. The summed E-state index contributed by atoms with van der Waals surface area (Å²) in [6, 6.07) is 0.0586. The maximum absolute atomic E-state index is 11.4. The van der Waals surface area contributed by atoms with Crippen molar-refractivity contribution in [1.82, 2.24) is 0 Å². The summed E-state index contributed by atoms with van der Waals surface area (Å²) in [6.45, 7) is 4.76. The molecule has 1 aliphatic rings. The Bertz CT molecular complexity index is 236. The van der Waals surface area contributed by atoms with Crippen molar-refractivity contribution in [2.45, 2.75) is 51.7 Å². The SMILES string of the molecule is CCOC1CC(CC(=O)OC)(C(N)CC)C1. The van der Waals surface area contributed by atoms with Crippen molar-refractivity contribution < 1.29 is 14.3 Å². The first-order valence-electron chi connectivity index (χ1n) is 6.02. The zero-order valence-corrected chi connectivity index (χ0v) is 10.5. The lowest BCUT2D eigenvalue weighted by Crippen LogP contribution is -2.54. The van der Waals surface area contributed by atoms with Gasteiger partial charge in [0.05, 0.1) is 19.6 Å². The van der Waals surface area contributed by atoms with Gasteiger partial charge in [0, 0.05) is 18.1 Å². The lowest BCUT2D eigenvalue weighted by Gasteiger charge is -2.50. The van der Waals surface area contributed by atoms with Crippen LogP contribution in [-0.4, -0.2) is 31.8 Å². The van der Waals surface area contributed by atoms with Crippen LogP contribution in [-0.2, 0) is 14.3 Å². The van der Waals surface area contributed by atoms with E-state index in [1.807, 2.05) is 6.92 Å². The van der Waals surface area contributed by atoms with Gasteiger partial charge >= 0.3 is 5.97 Å². The van der Waals surface area contributed by atoms with Crippen molar-refractivity contribution in [3.63, 3.8) is 0 Å². The van der Waals surface area contributed by atoms with E-state index in [2.05, 4.69) is 6.92 Å². The molecule has 0 aromatic carbocycles. The van der Waals surface area contributed by atoms with Gasteiger partial charge in [-0.25, -0.2) is 0 Å². The van der Waals surface area contributed by atoms with Crippen molar-refractivity contribution in [2.24, 2.45) is 11.1 Å². The molecule has 0 saturated heterocycles. The minimum Gasteiger partial charge on any atom is -0.469 e. The molecule has 94 valence electrons. The molecule has 1 rings (SSSR count). The van der Waals surface area contributed by atoms with E-state index in [9.17, 15) is 4.79 Å². The fraction of sp³-hybridized carbons (Fsp3) is 0.917. The van der Waals surface area contributed by atoms with Gasteiger partial charge < -0.3 is 15.2 Å². The Morgan fingerprint density at radius 2 is 2.12 bits per heavy atom. The molecule has 0 spiro atoms. The molecule has 16 heavy (non-hydrogen) atoms. The van der Waals surface area contributed by atoms with Crippen LogP contribution in [0.5, 0.6) is 0 Å². The van der Waals surface area contributed by atoms with Gasteiger partial charge in [-0.15, -0.1) is 0 Å². The molecule has 0 aliphatic heterocycles. The Labute approximate surface area is 97.5 Å². The Morgan fingerprint density at radius 1 is 1.50 bits per heavy atom. The van der Waals surface area contributed by atoms with Gasteiger partial charge in [0.2, 0.25) is 0 Å². The van der Waals surface area contributed by atoms with E-state index < -0.39 is 0 Å². The van der Waals surface area contributed by atoms with Gasteiger partial charge in [-0.1, -0.05) is 6.92 Å². The Kier molecular flexibility index (Phi) is 4.74. The standard InChI is InChI=1S/C12H23NO3/c1-4-10(13)12(8-11(14)15-3)6-9(7-12)16-5-2/h9-10H,4-8,13H2,1-3H3. The molecule has 0 amide bonds. The predicted molar refractivity (Wildman–Crippen MR) is 62.0 cm³/mol. The first kappa shape index (κ1) is 13.5. The van der Waals surface area contributed by atoms with E-state index in [0.29, 0.717) is 6.42 Å².